The summed E-state index contributed by atoms with van der Waals surface area (Å²) >= 11 is 0. The van der Waals surface area contributed by atoms with Crippen LogP contribution in [0.3, 0.4) is 0 Å². The molecule has 0 spiro atoms. The lowest BCUT2D eigenvalue weighted by Crippen LogP contribution is -2.30. The second kappa shape index (κ2) is 5.72. The van der Waals surface area contributed by atoms with Gasteiger partial charge >= 0.3 is 0 Å². The molecule has 0 aromatic heterocycles. The third kappa shape index (κ3) is 2.24. The quantitative estimate of drug-likeness (QED) is 0.349. The summed E-state index contributed by atoms with van der Waals surface area (Å²) in [4.78, 5) is 2.44. The van der Waals surface area contributed by atoms with E-state index in [1.165, 1.54) is 44.5 Å². The molecule has 132 valence electrons. The molecule has 4 aromatic carbocycles. The van der Waals surface area contributed by atoms with Crippen LogP contribution in [0.25, 0.3) is 10.8 Å². The maximum atomic E-state index is 2.44. The molecule has 4 aromatic rings. The summed E-state index contributed by atoms with van der Waals surface area (Å²) in [5, 5.41) is 2.61. The predicted molar refractivity (Wildman–Crippen MR) is 115 cm³/mol. The highest BCUT2D eigenvalue weighted by atomic mass is 15.2. The van der Waals surface area contributed by atoms with Crippen molar-refractivity contribution in [1.82, 2.24) is 0 Å². The third-order valence-electron chi connectivity index (χ3n) is 6.00. The minimum absolute atomic E-state index is 0.0236. The lowest BCUT2D eigenvalue weighted by Gasteiger charge is -2.42. The lowest BCUT2D eigenvalue weighted by atomic mass is 9.73. The first-order chi connectivity index (χ1) is 13.1. The monoisotopic (exact) mass is 349 g/mol. The smallest absolute Gasteiger partial charge is 0.0540 e. The molecule has 0 radical (unpaired) electrons. The minimum Gasteiger partial charge on any atom is -0.309 e. The fourth-order valence-electron chi connectivity index (χ4n) is 4.56. The SMILES string of the molecule is Cc1ccc(N2c3ccccc3C(C)(C)c3ccccc32)c2ccccc12. The van der Waals surface area contributed by atoms with Crippen molar-refractivity contribution in [3.8, 4) is 0 Å². The summed E-state index contributed by atoms with van der Waals surface area (Å²) in [7, 11) is 0. The Bertz CT molecular complexity index is 1120. The second-order valence-corrected chi connectivity index (χ2v) is 7.94. The molecule has 1 aliphatic heterocycles. The fourth-order valence-corrected chi connectivity index (χ4v) is 4.56. The molecule has 0 N–H and O–H groups in total. The Morgan fingerprint density at radius 3 is 1.70 bits per heavy atom. The summed E-state index contributed by atoms with van der Waals surface area (Å²) < 4.78 is 0. The Kier molecular flexibility index (Phi) is 3.42. The summed E-state index contributed by atoms with van der Waals surface area (Å²) in [6.45, 7) is 6.85. The van der Waals surface area contributed by atoms with Gasteiger partial charge in [0.05, 0.1) is 17.1 Å². The van der Waals surface area contributed by atoms with Crippen molar-refractivity contribution in [1.29, 1.82) is 0 Å². The highest BCUT2D eigenvalue weighted by Gasteiger charge is 2.36. The van der Waals surface area contributed by atoms with Crippen LogP contribution in [0.4, 0.5) is 17.1 Å². The van der Waals surface area contributed by atoms with Crippen LogP contribution in [0.5, 0.6) is 0 Å². The van der Waals surface area contributed by atoms with Crippen LogP contribution in [0.1, 0.15) is 30.5 Å². The van der Waals surface area contributed by atoms with E-state index in [2.05, 4.69) is 111 Å². The van der Waals surface area contributed by atoms with E-state index < -0.39 is 0 Å². The number of aryl methyl sites for hydroxylation is 1. The average molecular weight is 349 g/mol. The molecule has 1 heterocycles. The van der Waals surface area contributed by atoms with Crippen molar-refractivity contribution in [2.24, 2.45) is 0 Å². The van der Waals surface area contributed by atoms with Gasteiger partial charge in [-0.25, -0.2) is 0 Å². The van der Waals surface area contributed by atoms with Crippen LogP contribution < -0.4 is 4.90 Å². The largest absolute Gasteiger partial charge is 0.309 e. The molecule has 0 saturated heterocycles. The normalized spacial score (nSPS) is 14.7. The zero-order chi connectivity index (χ0) is 18.6. The van der Waals surface area contributed by atoms with E-state index in [9.17, 15) is 0 Å². The summed E-state index contributed by atoms with van der Waals surface area (Å²) in [6, 6.07) is 30.9. The first-order valence-electron chi connectivity index (χ1n) is 9.56. The van der Waals surface area contributed by atoms with Crippen LogP contribution >= 0.6 is 0 Å². The molecule has 1 aliphatic rings. The molecule has 0 fully saturated rings. The van der Waals surface area contributed by atoms with Crippen molar-refractivity contribution in [2.45, 2.75) is 26.2 Å². The Morgan fingerprint density at radius 2 is 1.07 bits per heavy atom. The summed E-state index contributed by atoms with van der Waals surface area (Å²) in [5.41, 5.74) is 7.82. The highest BCUT2D eigenvalue weighted by Crippen LogP contribution is 2.52. The van der Waals surface area contributed by atoms with Crippen LogP contribution in [-0.2, 0) is 5.41 Å². The molecule has 0 bridgehead atoms. The van der Waals surface area contributed by atoms with Crippen LogP contribution in [0.2, 0.25) is 0 Å². The van der Waals surface area contributed by atoms with Crippen molar-refractivity contribution in [3.05, 3.63) is 102 Å². The van der Waals surface area contributed by atoms with Gasteiger partial charge in [-0.3, -0.25) is 0 Å². The number of para-hydroxylation sites is 2. The van der Waals surface area contributed by atoms with E-state index in [4.69, 9.17) is 0 Å². The number of anilines is 3. The molecule has 5 rings (SSSR count). The molecular weight excluding hydrogens is 326 g/mol. The van der Waals surface area contributed by atoms with Gasteiger partial charge in [-0.05, 0) is 47.2 Å². The Morgan fingerprint density at radius 1 is 0.556 bits per heavy atom. The van der Waals surface area contributed by atoms with Gasteiger partial charge in [-0.1, -0.05) is 80.6 Å². The number of hydrogen-bond acceptors (Lipinski definition) is 1. The van der Waals surface area contributed by atoms with Crippen LogP contribution in [-0.4, -0.2) is 0 Å². The molecule has 0 aliphatic carbocycles. The lowest BCUT2D eigenvalue weighted by molar-refractivity contribution is 0.632. The summed E-state index contributed by atoms with van der Waals surface area (Å²) in [5.74, 6) is 0. The van der Waals surface area contributed by atoms with Gasteiger partial charge in [-0.15, -0.1) is 0 Å². The summed E-state index contributed by atoms with van der Waals surface area (Å²) in [6.07, 6.45) is 0. The Balaban J connectivity index is 1.89. The van der Waals surface area contributed by atoms with E-state index in [-0.39, 0.29) is 5.41 Å². The molecule has 0 atom stereocenters. The van der Waals surface area contributed by atoms with Gasteiger partial charge in [0.1, 0.15) is 0 Å². The Hall–Kier alpha value is -3.06. The minimum atomic E-state index is -0.0236. The molecule has 27 heavy (non-hydrogen) atoms. The number of benzene rings is 4. The molecule has 1 heteroatoms. The second-order valence-electron chi connectivity index (χ2n) is 7.94. The van der Waals surface area contributed by atoms with Crippen molar-refractivity contribution in [3.63, 3.8) is 0 Å². The van der Waals surface area contributed by atoms with E-state index in [0.717, 1.165) is 0 Å². The molecule has 0 saturated carbocycles. The number of rotatable bonds is 1. The molecule has 0 unspecified atom stereocenters. The van der Waals surface area contributed by atoms with Crippen molar-refractivity contribution >= 4 is 27.8 Å². The average Bonchev–Trinajstić information content (AvgIpc) is 2.70. The van der Waals surface area contributed by atoms with Crippen LogP contribution in [0.15, 0.2) is 84.9 Å². The van der Waals surface area contributed by atoms with Gasteiger partial charge in [-0.2, -0.15) is 0 Å². The standard InChI is InChI=1S/C26H23N/c1-18-16-17-23(20-11-5-4-10-19(18)20)27-24-14-8-6-12-21(24)26(2,3)22-13-7-9-15-25(22)27/h4-17H,1-3H3. The fraction of sp³-hybridized carbons (Fsp3) is 0.154. The number of fused-ring (bicyclic) bond motifs is 3. The maximum absolute atomic E-state index is 2.44. The number of nitrogens with zero attached hydrogens (tertiary/aromatic N) is 1. The zero-order valence-electron chi connectivity index (χ0n) is 16.0. The first-order valence-corrected chi connectivity index (χ1v) is 9.56. The number of hydrogen-bond donors (Lipinski definition) is 0. The van der Waals surface area contributed by atoms with Crippen molar-refractivity contribution in [2.75, 3.05) is 4.90 Å². The van der Waals surface area contributed by atoms with Gasteiger partial charge in [0.15, 0.2) is 0 Å². The van der Waals surface area contributed by atoms with Gasteiger partial charge in [0.2, 0.25) is 0 Å². The maximum Gasteiger partial charge on any atom is 0.0540 e. The van der Waals surface area contributed by atoms with Crippen molar-refractivity contribution < 1.29 is 0 Å². The highest BCUT2D eigenvalue weighted by molar-refractivity contribution is 6.02. The van der Waals surface area contributed by atoms with Gasteiger partial charge < -0.3 is 4.90 Å². The van der Waals surface area contributed by atoms with Gasteiger partial charge in [0, 0.05) is 10.8 Å². The molecule has 0 amide bonds. The third-order valence-corrected chi connectivity index (χ3v) is 6.00. The van der Waals surface area contributed by atoms with E-state index in [1.807, 2.05) is 0 Å². The Labute approximate surface area is 160 Å². The molecule has 1 nitrogen and oxygen atoms in total. The predicted octanol–water partition coefficient (Wildman–Crippen LogP) is 7.26. The van der Waals surface area contributed by atoms with E-state index in [0.29, 0.717) is 0 Å². The molecular formula is C26H23N. The van der Waals surface area contributed by atoms with E-state index >= 15 is 0 Å². The van der Waals surface area contributed by atoms with E-state index in [1.54, 1.807) is 0 Å². The van der Waals surface area contributed by atoms with Crippen LogP contribution in [0, 0.1) is 6.92 Å². The topological polar surface area (TPSA) is 3.24 Å². The first kappa shape index (κ1) is 16.1. The van der Waals surface area contributed by atoms with Gasteiger partial charge in [0.25, 0.3) is 0 Å². The zero-order valence-corrected chi connectivity index (χ0v) is 16.0.